The van der Waals surface area contributed by atoms with Crippen molar-refractivity contribution in [2.45, 2.75) is 5.41 Å². The second kappa shape index (κ2) is 13.6. The van der Waals surface area contributed by atoms with Crippen molar-refractivity contribution in [1.82, 2.24) is 0 Å². The Hall–Kier alpha value is -7.00. The van der Waals surface area contributed by atoms with Crippen LogP contribution in [0.25, 0.3) is 53.6 Å². The average molecular weight is 744 g/mol. The summed E-state index contributed by atoms with van der Waals surface area (Å²) in [4.78, 5) is 2.45. The number of fused-ring (bicyclic) bond motifs is 6. The van der Waals surface area contributed by atoms with Gasteiger partial charge in [0.2, 0.25) is 0 Å². The van der Waals surface area contributed by atoms with Crippen molar-refractivity contribution in [3.63, 3.8) is 0 Å². The Bertz CT molecular complexity index is 2950. The van der Waals surface area contributed by atoms with Crippen LogP contribution < -0.4 is 4.90 Å². The highest BCUT2D eigenvalue weighted by atomic mass is 32.1. The van der Waals surface area contributed by atoms with E-state index in [0.717, 1.165) is 11.4 Å². The molecule has 268 valence electrons. The molecule has 0 N–H and O–H groups in total. The van der Waals surface area contributed by atoms with Crippen LogP contribution in [0.1, 0.15) is 22.3 Å². The van der Waals surface area contributed by atoms with E-state index in [1.54, 1.807) is 0 Å². The maximum atomic E-state index is 2.48. The molecular formula is C55H37NS. The summed E-state index contributed by atoms with van der Waals surface area (Å²) in [5, 5.41) is 2.54. The quantitative estimate of drug-likeness (QED) is 0.157. The maximum absolute atomic E-state index is 2.48. The highest BCUT2D eigenvalue weighted by Gasteiger charge is 2.46. The molecule has 0 saturated carbocycles. The molecule has 0 saturated heterocycles. The van der Waals surface area contributed by atoms with Gasteiger partial charge in [0.15, 0.2) is 0 Å². The van der Waals surface area contributed by atoms with E-state index in [2.05, 4.69) is 229 Å². The van der Waals surface area contributed by atoms with E-state index < -0.39 is 5.41 Å². The summed E-state index contributed by atoms with van der Waals surface area (Å²) in [5.74, 6) is 0. The van der Waals surface area contributed by atoms with Crippen LogP contribution >= 0.6 is 11.3 Å². The van der Waals surface area contributed by atoms with E-state index in [1.807, 2.05) is 11.3 Å². The van der Waals surface area contributed by atoms with Gasteiger partial charge in [0.25, 0.3) is 0 Å². The number of thiophene rings is 1. The zero-order chi connectivity index (χ0) is 37.8. The molecule has 0 aliphatic heterocycles. The number of hydrogen-bond acceptors (Lipinski definition) is 2. The highest BCUT2D eigenvalue weighted by Crippen LogP contribution is 2.57. The smallest absolute Gasteiger partial charge is 0.0714 e. The Balaban J connectivity index is 1.15. The van der Waals surface area contributed by atoms with Gasteiger partial charge >= 0.3 is 0 Å². The van der Waals surface area contributed by atoms with Gasteiger partial charge in [0.05, 0.1) is 15.8 Å². The normalized spacial score (nSPS) is 12.7. The lowest BCUT2D eigenvalue weighted by atomic mass is 9.67. The predicted molar refractivity (Wildman–Crippen MR) is 242 cm³/mol. The second-order valence-corrected chi connectivity index (χ2v) is 15.9. The fraction of sp³-hybridized carbons (Fsp3) is 0.0182. The van der Waals surface area contributed by atoms with Crippen molar-refractivity contribution in [2.75, 3.05) is 4.90 Å². The number of anilines is 3. The average Bonchev–Trinajstić information content (AvgIpc) is 3.82. The summed E-state index contributed by atoms with van der Waals surface area (Å²) in [6, 6.07) is 82.4. The molecule has 9 aromatic carbocycles. The molecule has 1 heterocycles. The van der Waals surface area contributed by atoms with Crippen molar-refractivity contribution in [3.8, 4) is 33.4 Å². The van der Waals surface area contributed by atoms with Gasteiger partial charge in [-0.15, -0.1) is 11.3 Å². The third-order valence-corrected chi connectivity index (χ3v) is 12.9. The van der Waals surface area contributed by atoms with Gasteiger partial charge in [0.1, 0.15) is 0 Å². The van der Waals surface area contributed by atoms with Gasteiger partial charge in [-0.3, -0.25) is 0 Å². The van der Waals surface area contributed by atoms with Crippen LogP contribution in [0.15, 0.2) is 224 Å². The lowest BCUT2D eigenvalue weighted by Crippen LogP contribution is -2.28. The van der Waals surface area contributed by atoms with Crippen LogP contribution in [0.5, 0.6) is 0 Å². The molecule has 10 aromatic rings. The van der Waals surface area contributed by atoms with Crippen molar-refractivity contribution in [1.29, 1.82) is 0 Å². The van der Waals surface area contributed by atoms with E-state index in [0.29, 0.717) is 0 Å². The van der Waals surface area contributed by atoms with E-state index in [-0.39, 0.29) is 0 Å². The van der Waals surface area contributed by atoms with Gasteiger partial charge < -0.3 is 4.90 Å². The molecule has 0 unspecified atom stereocenters. The number of hydrogen-bond donors (Lipinski definition) is 0. The summed E-state index contributed by atoms with van der Waals surface area (Å²) in [7, 11) is 0. The summed E-state index contributed by atoms with van der Waals surface area (Å²) in [6.45, 7) is 0. The van der Waals surface area contributed by atoms with Crippen LogP contribution in [0.2, 0.25) is 0 Å². The molecule has 1 nitrogen and oxygen atoms in total. The Labute approximate surface area is 337 Å². The van der Waals surface area contributed by atoms with Crippen molar-refractivity contribution < 1.29 is 0 Å². The lowest BCUT2D eigenvalue weighted by molar-refractivity contribution is 0.770. The van der Waals surface area contributed by atoms with Crippen molar-refractivity contribution in [2.24, 2.45) is 0 Å². The Morgan fingerprint density at radius 1 is 0.351 bits per heavy atom. The van der Waals surface area contributed by atoms with Crippen LogP contribution in [-0.2, 0) is 5.41 Å². The van der Waals surface area contributed by atoms with Crippen LogP contribution in [0.4, 0.5) is 17.1 Å². The molecule has 2 heteroatoms. The van der Waals surface area contributed by atoms with Crippen LogP contribution in [0.3, 0.4) is 0 Å². The van der Waals surface area contributed by atoms with Gasteiger partial charge in [-0.05, 0) is 98.1 Å². The zero-order valence-electron chi connectivity index (χ0n) is 31.2. The lowest BCUT2D eigenvalue weighted by Gasteiger charge is -2.33. The summed E-state index contributed by atoms with van der Waals surface area (Å²) in [5.41, 5.74) is 15.6. The maximum Gasteiger partial charge on any atom is 0.0714 e. The fourth-order valence-electron chi connectivity index (χ4n) is 9.24. The van der Waals surface area contributed by atoms with E-state index >= 15 is 0 Å². The minimum atomic E-state index is -0.441. The third-order valence-electron chi connectivity index (χ3n) is 11.7. The summed E-state index contributed by atoms with van der Waals surface area (Å²) >= 11 is 1.89. The predicted octanol–water partition coefficient (Wildman–Crippen LogP) is 15.2. The van der Waals surface area contributed by atoms with Crippen molar-refractivity contribution in [3.05, 3.63) is 247 Å². The molecule has 0 atom stereocenters. The molecule has 0 radical (unpaired) electrons. The Morgan fingerprint density at radius 2 is 0.895 bits per heavy atom. The molecular weight excluding hydrogens is 707 g/mol. The number of benzene rings is 9. The Kier molecular flexibility index (Phi) is 7.98. The molecule has 57 heavy (non-hydrogen) atoms. The van der Waals surface area contributed by atoms with E-state index in [4.69, 9.17) is 0 Å². The van der Waals surface area contributed by atoms with Crippen LogP contribution in [-0.4, -0.2) is 0 Å². The van der Waals surface area contributed by atoms with Crippen molar-refractivity contribution >= 4 is 48.6 Å². The summed E-state index contributed by atoms with van der Waals surface area (Å²) in [6.07, 6.45) is 0. The third kappa shape index (κ3) is 5.37. The van der Waals surface area contributed by atoms with E-state index in [1.165, 1.54) is 81.5 Å². The first kappa shape index (κ1) is 33.3. The molecule has 0 bridgehead atoms. The molecule has 0 spiro atoms. The topological polar surface area (TPSA) is 3.24 Å². The zero-order valence-corrected chi connectivity index (χ0v) is 32.0. The molecule has 0 amide bonds. The number of rotatable bonds is 7. The minimum Gasteiger partial charge on any atom is -0.309 e. The van der Waals surface area contributed by atoms with Gasteiger partial charge in [-0.2, -0.15) is 0 Å². The second-order valence-electron chi connectivity index (χ2n) is 14.8. The highest BCUT2D eigenvalue weighted by molar-refractivity contribution is 7.26. The fourth-order valence-corrected chi connectivity index (χ4v) is 10.5. The summed E-state index contributed by atoms with van der Waals surface area (Å²) < 4.78 is 2.55. The first-order valence-electron chi connectivity index (χ1n) is 19.6. The SMILES string of the molecule is c1ccc(-c2cc(-c3ccccc3)cc(N(c3ccccc3)c3cccc4c3sc3cc(C5(c6ccccc6)c6ccccc6-c6ccccc65)ccc34)c2)cc1. The van der Waals surface area contributed by atoms with Gasteiger partial charge in [-0.25, -0.2) is 0 Å². The molecule has 1 aliphatic rings. The monoisotopic (exact) mass is 743 g/mol. The van der Waals surface area contributed by atoms with Gasteiger partial charge in [-0.1, -0.05) is 182 Å². The molecule has 1 aliphatic carbocycles. The number of nitrogens with zero attached hydrogens (tertiary/aromatic N) is 1. The van der Waals surface area contributed by atoms with E-state index in [9.17, 15) is 0 Å². The molecule has 11 rings (SSSR count). The van der Waals surface area contributed by atoms with Crippen LogP contribution in [0, 0.1) is 0 Å². The standard InChI is InChI=1S/C55H37NS/c1-5-18-38(19-6-1)40-34-41(39-20-7-2-8-21-39)36-45(35-40)56(44-24-11-4-12-25-44)52-31-17-28-49-48-33-32-43(37-53(48)57-54(49)52)55(42-22-9-3-10-23-42)50-29-15-13-26-46(50)47-27-14-16-30-51(47)55/h1-37H. The minimum absolute atomic E-state index is 0.441. The molecule has 0 fully saturated rings. The van der Waals surface area contributed by atoms with Gasteiger partial charge in [0, 0.05) is 26.8 Å². The first-order valence-corrected chi connectivity index (χ1v) is 20.4. The number of para-hydroxylation sites is 1. The first-order chi connectivity index (χ1) is 28.3. The Morgan fingerprint density at radius 3 is 1.51 bits per heavy atom. The molecule has 1 aromatic heterocycles. The largest absolute Gasteiger partial charge is 0.309 e.